The van der Waals surface area contributed by atoms with Crippen molar-refractivity contribution in [1.82, 2.24) is 5.32 Å². The average Bonchev–Trinajstić information content (AvgIpc) is 2.52. The first kappa shape index (κ1) is 19.0. The van der Waals surface area contributed by atoms with Gasteiger partial charge in [0.2, 0.25) is 0 Å². The summed E-state index contributed by atoms with van der Waals surface area (Å²) in [6.45, 7) is 6.22. The van der Waals surface area contributed by atoms with Crippen LogP contribution in [0, 0.1) is 5.41 Å². The van der Waals surface area contributed by atoms with Crippen LogP contribution in [0.4, 0.5) is 4.79 Å². The molecule has 1 amide bonds. The number of carboxylic acid groups (broad SMARTS) is 1. The van der Waals surface area contributed by atoms with E-state index in [1.54, 1.807) is 13.8 Å². The second-order valence-electron chi connectivity index (χ2n) is 6.14. The highest BCUT2D eigenvalue weighted by atomic mass is 16.5. The molecule has 0 aliphatic carbocycles. The van der Waals surface area contributed by atoms with E-state index in [0.717, 1.165) is 5.56 Å². The molecule has 1 aromatic rings. The van der Waals surface area contributed by atoms with Gasteiger partial charge in [0.05, 0.1) is 17.1 Å². The summed E-state index contributed by atoms with van der Waals surface area (Å²) >= 11 is 0. The summed E-state index contributed by atoms with van der Waals surface area (Å²) in [5.74, 6) is -1.13. The molecule has 0 aliphatic rings. The largest absolute Gasteiger partial charge is 0.481 e. The highest BCUT2D eigenvalue weighted by Gasteiger charge is 2.51. The minimum Gasteiger partial charge on any atom is -0.481 e. The summed E-state index contributed by atoms with van der Waals surface area (Å²) in [7, 11) is 0. The van der Waals surface area contributed by atoms with Crippen LogP contribution in [-0.2, 0) is 16.1 Å². The Morgan fingerprint density at radius 1 is 1.26 bits per heavy atom. The Kier molecular flexibility index (Phi) is 6.15. The van der Waals surface area contributed by atoms with Gasteiger partial charge in [0.25, 0.3) is 0 Å². The third-order valence-electron chi connectivity index (χ3n) is 4.42. The average molecular weight is 323 g/mol. The van der Waals surface area contributed by atoms with E-state index in [2.05, 4.69) is 5.32 Å². The molecule has 3 N–H and O–H groups in total. The van der Waals surface area contributed by atoms with Gasteiger partial charge in [-0.15, -0.1) is 0 Å². The number of carbonyl (C=O) groups excluding carboxylic acids is 1. The zero-order valence-electron chi connectivity index (χ0n) is 14.0. The van der Waals surface area contributed by atoms with E-state index in [9.17, 15) is 19.8 Å². The van der Waals surface area contributed by atoms with Crippen molar-refractivity contribution in [2.24, 2.45) is 5.41 Å². The number of amides is 1. The number of carboxylic acids is 1. The Labute approximate surface area is 136 Å². The Balaban J connectivity index is 2.70. The second kappa shape index (κ2) is 7.46. The molecule has 0 aromatic heterocycles. The fourth-order valence-corrected chi connectivity index (χ4v) is 2.54. The first-order valence-corrected chi connectivity index (χ1v) is 7.58. The van der Waals surface area contributed by atoms with Gasteiger partial charge in [-0.1, -0.05) is 37.3 Å². The molecule has 1 aromatic carbocycles. The molecule has 0 heterocycles. The molecule has 2 unspecified atom stereocenters. The van der Waals surface area contributed by atoms with E-state index in [-0.39, 0.29) is 13.0 Å². The van der Waals surface area contributed by atoms with Crippen molar-refractivity contribution in [3.63, 3.8) is 0 Å². The highest BCUT2D eigenvalue weighted by Crippen LogP contribution is 2.36. The topological polar surface area (TPSA) is 95.9 Å². The summed E-state index contributed by atoms with van der Waals surface area (Å²) in [6, 6.07) is 8.40. The normalized spacial score (nSPS) is 15.3. The van der Waals surface area contributed by atoms with E-state index in [0.29, 0.717) is 0 Å². The standard InChI is InChI=1S/C17H25NO5/c1-5-17(22,16(3,4)14(19)20)12(2)18-15(21)23-11-13-9-7-6-8-10-13/h6-10,12,22H,5,11H2,1-4H3,(H,18,21)(H,19,20). The van der Waals surface area contributed by atoms with Crippen molar-refractivity contribution >= 4 is 12.1 Å². The Morgan fingerprint density at radius 3 is 2.30 bits per heavy atom. The molecule has 6 nitrogen and oxygen atoms in total. The fraction of sp³-hybridized carbons (Fsp3) is 0.529. The van der Waals surface area contributed by atoms with Crippen molar-refractivity contribution in [1.29, 1.82) is 0 Å². The van der Waals surface area contributed by atoms with Gasteiger partial charge in [0, 0.05) is 0 Å². The lowest BCUT2D eigenvalue weighted by Gasteiger charge is -2.43. The summed E-state index contributed by atoms with van der Waals surface area (Å²) in [6.07, 6.45) is -0.527. The Hall–Kier alpha value is -2.08. The molecule has 1 rings (SSSR count). The van der Waals surface area contributed by atoms with E-state index in [4.69, 9.17) is 4.74 Å². The van der Waals surface area contributed by atoms with Gasteiger partial charge < -0.3 is 20.3 Å². The van der Waals surface area contributed by atoms with Gasteiger partial charge in [-0.2, -0.15) is 0 Å². The molecule has 2 atom stereocenters. The Morgan fingerprint density at radius 2 is 1.83 bits per heavy atom. The maximum absolute atomic E-state index is 11.9. The maximum atomic E-state index is 11.9. The summed E-state index contributed by atoms with van der Waals surface area (Å²) in [4.78, 5) is 23.3. The zero-order chi connectivity index (χ0) is 17.7. The van der Waals surface area contributed by atoms with Crippen LogP contribution in [-0.4, -0.2) is 33.9 Å². The highest BCUT2D eigenvalue weighted by molar-refractivity contribution is 5.76. The van der Waals surface area contributed by atoms with Crippen LogP contribution in [0.25, 0.3) is 0 Å². The lowest BCUT2D eigenvalue weighted by atomic mass is 9.69. The number of nitrogens with one attached hydrogen (secondary N) is 1. The molecule has 0 spiro atoms. The summed E-state index contributed by atoms with van der Waals surface area (Å²) in [5, 5.41) is 22.6. The van der Waals surface area contributed by atoms with E-state index >= 15 is 0 Å². The van der Waals surface area contributed by atoms with Crippen LogP contribution in [0.3, 0.4) is 0 Å². The van der Waals surface area contributed by atoms with E-state index < -0.39 is 29.1 Å². The van der Waals surface area contributed by atoms with Gasteiger partial charge >= 0.3 is 12.1 Å². The summed E-state index contributed by atoms with van der Waals surface area (Å²) in [5.41, 5.74) is -2.19. The van der Waals surface area contributed by atoms with Crippen molar-refractivity contribution in [3.05, 3.63) is 35.9 Å². The number of alkyl carbamates (subject to hydrolysis) is 1. The third kappa shape index (κ3) is 4.22. The van der Waals surface area contributed by atoms with Crippen LogP contribution in [0.15, 0.2) is 30.3 Å². The molecule has 0 radical (unpaired) electrons. The van der Waals surface area contributed by atoms with Crippen LogP contribution >= 0.6 is 0 Å². The minimum atomic E-state index is -1.61. The number of ether oxygens (including phenoxy) is 1. The predicted octanol–water partition coefficient (Wildman–Crippen LogP) is 2.55. The lowest BCUT2D eigenvalue weighted by molar-refractivity contribution is -0.169. The quantitative estimate of drug-likeness (QED) is 0.716. The van der Waals surface area contributed by atoms with Crippen LogP contribution < -0.4 is 5.32 Å². The number of aliphatic carboxylic acids is 1. The van der Waals surface area contributed by atoms with Crippen molar-refractivity contribution in [2.75, 3.05) is 0 Å². The van der Waals surface area contributed by atoms with Gasteiger partial charge in [-0.25, -0.2) is 4.79 Å². The van der Waals surface area contributed by atoms with Crippen molar-refractivity contribution in [3.8, 4) is 0 Å². The fourth-order valence-electron chi connectivity index (χ4n) is 2.54. The van der Waals surface area contributed by atoms with Gasteiger partial charge in [0.1, 0.15) is 6.61 Å². The van der Waals surface area contributed by atoms with Gasteiger partial charge in [-0.05, 0) is 32.8 Å². The molecule has 0 saturated heterocycles. The molecular formula is C17H25NO5. The van der Waals surface area contributed by atoms with Crippen molar-refractivity contribution in [2.45, 2.75) is 52.4 Å². The predicted molar refractivity (Wildman–Crippen MR) is 85.9 cm³/mol. The smallest absolute Gasteiger partial charge is 0.407 e. The molecule has 0 fully saturated rings. The number of rotatable bonds is 7. The number of aliphatic hydroxyl groups is 1. The number of carbonyl (C=O) groups is 2. The minimum absolute atomic E-state index is 0.103. The zero-order valence-corrected chi connectivity index (χ0v) is 14.0. The van der Waals surface area contributed by atoms with Crippen LogP contribution in [0.1, 0.15) is 39.7 Å². The molecule has 6 heteroatoms. The number of hydrogen-bond acceptors (Lipinski definition) is 4. The molecule has 0 bridgehead atoms. The number of benzene rings is 1. The molecular weight excluding hydrogens is 298 g/mol. The van der Waals surface area contributed by atoms with Crippen LogP contribution in [0.5, 0.6) is 0 Å². The monoisotopic (exact) mass is 323 g/mol. The second-order valence-corrected chi connectivity index (χ2v) is 6.14. The van der Waals surface area contributed by atoms with Crippen molar-refractivity contribution < 1.29 is 24.5 Å². The number of hydrogen-bond donors (Lipinski definition) is 3. The SMILES string of the molecule is CCC(O)(C(C)NC(=O)OCc1ccccc1)C(C)(C)C(=O)O. The lowest BCUT2D eigenvalue weighted by Crippen LogP contribution is -2.61. The van der Waals surface area contributed by atoms with E-state index in [1.165, 1.54) is 13.8 Å². The first-order chi connectivity index (χ1) is 10.6. The Bertz CT molecular complexity index is 543. The summed E-state index contributed by atoms with van der Waals surface area (Å²) < 4.78 is 5.10. The van der Waals surface area contributed by atoms with E-state index in [1.807, 2.05) is 30.3 Å². The molecule has 128 valence electrons. The van der Waals surface area contributed by atoms with Gasteiger partial charge in [-0.3, -0.25) is 4.79 Å². The van der Waals surface area contributed by atoms with Gasteiger partial charge in [0.15, 0.2) is 0 Å². The third-order valence-corrected chi connectivity index (χ3v) is 4.42. The molecule has 23 heavy (non-hydrogen) atoms. The molecule has 0 saturated carbocycles. The maximum Gasteiger partial charge on any atom is 0.407 e. The molecule has 0 aliphatic heterocycles. The first-order valence-electron chi connectivity index (χ1n) is 7.58. The van der Waals surface area contributed by atoms with Crippen LogP contribution in [0.2, 0.25) is 0 Å².